The largest absolute Gasteiger partial charge is 0.379 e. The van der Waals surface area contributed by atoms with Gasteiger partial charge in [-0.15, -0.1) is 0 Å². The average Bonchev–Trinajstić information content (AvgIpc) is 2.61. The molecule has 0 unspecified atom stereocenters. The standard InChI is InChI=1S/C16H13ClN4O4/c17-15(21(24)25)11-14(20(22)23)16(18)19(12-7-3-1-4-8-12)13-9-5-2-6-10-13/h1-11H,18H2/b15-11+,16-14-. The van der Waals surface area contributed by atoms with Gasteiger partial charge in [-0.2, -0.15) is 0 Å². The topological polar surface area (TPSA) is 116 Å². The van der Waals surface area contributed by atoms with E-state index in [4.69, 9.17) is 17.3 Å². The van der Waals surface area contributed by atoms with Gasteiger partial charge in [0, 0.05) is 11.4 Å². The third-order valence-corrected chi connectivity index (χ3v) is 3.41. The second-order valence-electron chi connectivity index (χ2n) is 4.76. The molecule has 0 fully saturated rings. The fourth-order valence-electron chi connectivity index (χ4n) is 2.08. The third kappa shape index (κ3) is 4.33. The Hall–Kier alpha value is -3.39. The number of rotatable bonds is 6. The Kier molecular flexibility index (Phi) is 5.70. The van der Waals surface area contributed by atoms with Crippen molar-refractivity contribution in [3.63, 3.8) is 0 Å². The van der Waals surface area contributed by atoms with Crippen LogP contribution >= 0.6 is 11.6 Å². The molecule has 2 aromatic carbocycles. The Labute approximate surface area is 147 Å². The molecule has 0 aliphatic rings. The number of hydrogen-bond donors (Lipinski definition) is 1. The number of para-hydroxylation sites is 2. The summed E-state index contributed by atoms with van der Waals surface area (Å²) in [5.74, 6) is -0.303. The lowest BCUT2D eigenvalue weighted by Gasteiger charge is -2.24. The second-order valence-corrected chi connectivity index (χ2v) is 5.15. The quantitative estimate of drug-likeness (QED) is 0.364. The summed E-state index contributed by atoms with van der Waals surface area (Å²) in [6.07, 6.45) is 0.621. The number of hydrogen-bond acceptors (Lipinski definition) is 6. The summed E-state index contributed by atoms with van der Waals surface area (Å²) in [6.45, 7) is 0. The van der Waals surface area contributed by atoms with Crippen LogP contribution in [0.3, 0.4) is 0 Å². The highest BCUT2D eigenvalue weighted by Gasteiger charge is 2.25. The first-order chi connectivity index (χ1) is 11.9. The lowest BCUT2D eigenvalue weighted by atomic mass is 10.2. The van der Waals surface area contributed by atoms with E-state index in [1.165, 1.54) is 4.90 Å². The van der Waals surface area contributed by atoms with Gasteiger partial charge in [0.15, 0.2) is 5.82 Å². The molecular weight excluding hydrogens is 348 g/mol. The van der Waals surface area contributed by atoms with Crippen molar-refractivity contribution in [1.29, 1.82) is 0 Å². The zero-order chi connectivity index (χ0) is 18.4. The number of nitrogens with two attached hydrogens (primary N) is 1. The molecule has 0 atom stereocenters. The maximum absolute atomic E-state index is 11.4. The van der Waals surface area contributed by atoms with E-state index in [2.05, 4.69) is 0 Å². The van der Waals surface area contributed by atoms with E-state index < -0.39 is 20.7 Å². The lowest BCUT2D eigenvalue weighted by Crippen LogP contribution is -2.26. The van der Waals surface area contributed by atoms with E-state index in [1.54, 1.807) is 60.7 Å². The summed E-state index contributed by atoms with van der Waals surface area (Å²) >= 11 is 5.44. The van der Waals surface area contributed by atoms with Crippen LogP contribution in [-0.4, -0.2) is 9.85 Å². The van der Waals surface area contributed by atoms with E-state index in [0.29, 0.717) is 17.5 Å². The molecule has 0 heterocycles. The van der Waals surface area contributed by atoms with Crippen LogP contribution in [0.25, 0.3) is 0 Å². The Morgan fingerprint density at radius 2 is 1.36 bits per heavy atom. The molecule has 2 N–H and O–H groups in total. The van der Waals surface area contributed by atoms with Crippen molar-refractivity contribution in [2.75, 3.05) is 4.90 Å². The molecule has 8 nitrogen and oxygen atoms in total. The van der Waals surface area contributed by atoms with Crippen molar-refractivity contribution >= 4 is 23.0 Å². The second kappa shape index (κ2) is 7.93. The molecule has 2 rings (SSSR count). The summed E-state index contributed by atoms with van der Waals surface area (Å²) < 4.78 is 0. The van der Waals surface area contributed by atoms with Crippen molar-refractivity contribution in [3.05, 3.63) is 104 Å². The molecule has 0 saturated carbocycles. The zero-order valence-electron chi connectivity index (χ0n) is 12.8. The summed E-state index contributed by atoms with van der Waals surface area (Å²) in [5.41, 5.74) is 6.43. The molecule has 0 amide bonds. The van der Waals surface area contributed by atoms with E-state index in [1.807, 2.05) is 0 Å². The molecule has 0 spiro atoms. The molecule has 128 valence electrons. The summed E-state index contributed by atoms with van der Waals surface area (Å²) in [5, 5.41) is 21.2. The molecular formula is C16H13ClN4O4. The molecule has 0 saturated heterocycles. The molecule has 0 aromatic heterocycles. The van der Waals surface area contributed by atoms with Crippen LogP contribution in [0.2, 0.25) is 0 Å². The van der Waals surface area contributed by atoms with Crippen molar-refractivity contribution in [1.82, 2.24) is 0 Å². The van der Waals surface area contributed by atoms with Gasteiger partial charge in [-0.25, -0.2) is 0 Å². The van der Waals surface area contributed by atoms with Crippen LogP contribution in [0, 0.1) is 20.2 Å². The molecule has 0 aliphatic carbocycles. The van der Waals surface area contributed by atoms with Gasteiger partial charge in [0.05, 0.1) is 9.85 Å². The fourth-order valence-corrected chi connectivity index (χ4v) is 2.18. The molecule has 2 aromatic rings. The van der Waals surface area contributed by atoms with Crippen LogP contribution < -0.4 is 10.6 Å². The molecule has 0 radical (unpaired) electrons. The van der Waals surface area contributed by atoms with Crippen molar-refractivity contribution in [2.24, 2.45) is 5.73 Å². The Morgan fingerprint density at radius 1 is 0.920 bits per heavy atom. The first-order valence-electron chi connectivity index (χ1n) is 6.97. The highest BCUT2D eigenvalue weighted by Crippen LogP contribution is 2.29. The first kappa shape index (κ1) is 18.0. The van der Waals surface area contributed by atoms with Gasteiger partial charge in [0.2, 0.25) is 0 Å². The number of allylic oxidation sites excluding steroid dienone is 1. The van der Waals surface area contributed by atoms with Gasteiger partial charge < -0.3 is 5.73 Å². The van der Waals surface area contributed by atoms with Gasteiger partial charge in [-0.3, -0.25) is 25.1 Å². The SMILES string of the molecule is N/C(=C(\C=C(/Cl)[N+](=O)[O-])[N+](=O)[O-])N(c1ccccc1)c1ccccc1. The summed E-state index contributed by atoms with van der Waals surface area (Å²) in [7, 11) is 0. The summed E-state index contributed by atoms with van der Waals surface area (Å²) in [6, 6.07) is 17.3. The third-order valence-electron chi connectivity index (χ3n) is 3.16. The van der Waals surface area contributed by atoms with E-state index in [9.17, 15) is 20.2 Å². The number of benzene rings is 2. The van der Waals surface area contributed by atoms with Gasteiger partial charge in [0.25, 0.3) is 0 Å². The minimum atomic E-state index is -0.937. The van der Waals surface area contributed by atoms with E-state index in [0.717, 1.165) is 0 Å². The predicted octanol–water partition coefficient (Wildman–Crippen LogP) is 3.59. The van der Waals surface area contributed by atoms with Crippen LogP contribution in [0.5, 0.6) is 0 Å². The summed E-state index contributed by atoms with van der Waals surface area (Å²) in [4.78, 5) is 21.7. The Bertz CT molecular complexity index is 798. The normalized spacial score (nSPS) is 12.3. The van der Waals surface area contributed by atoms with Gasteiger partial charge in [-0.1, -0.05) is 36.4 Å². The number of halogens is 1. The number of anilines is 2. The maximum atomic E-state index is 11.4. The molecule has 0 bridgehead atoms. The van der Waals surface area contributed by atoms with Crippen LogP contribution in [0.15, 0.2) is 83.4 Å². The Morgan fingerprint density at radius 3 is 1.72 bits per heavy atom. The molecule has 25 heavy (non-hydrogen) atoms. The van der Waals surface area contributed by atoms with Crippen molar-refractivity contribution in [3.8, 4) is 0 Å². The van der Waals surface area contributed by atoms with Gasteiger partial charge >= 0.3 is 10.9 Å². The molecule has 0 aliphatic heterocycles. The minimum Gasteiger partial charge on any atom is -0.379 e. The number of nitro groups is 2. The van der Waals surface area contributed by atoms with Crippen molar-refractivity contribution in [2.45, 2.75) is 0 Å². The fraction of sp³-hybridized carbons (Fsp3) is 0. The van der Waals surface area contributed by atoms with Gasteiger partial charge in [0.1, 0.15) is 6.08 Å². The highest BCUT2D eigenvalue weighted by molar-refractivity contribution is 6.28. The predicted molar refractivity (Wildman–Crippen MR) is 94.2 cm³/mol. The first-order valence-corrected chi connectivity index (χ1v) is 7.35. The van der Waals surface area contributed by atoms with Gasteiger partial charge in [-0.05, 0) is 35.9 Å². The number of nitrogens with zero attached hydrogens (tertiary/aromatic N) is 3. The smallest absolute Gasteiger partial charge is 0.344 e. The maximum Gasteiger partial charge on any atom is 0.344 e. The average molecular weight is 361 g/mol. The van der Waals surface area contributed by atoms with E-state index in [-0.39, 0.29) is 5.82 Å². The van der Waals surface area contributed by atoms with Crippen LogP contribution in [-0.2, 0) is 0 Å². The highest BCUT2D eigenvalue weighted by atomic mass is 35.5. The van der Waals surface area contributed by atoms with Crippen LogP contribution in [0.4, 0.5) is 11.4 Å². The van der Waals surface area contributed by atoms with E-state index >= 15 is 0 Å². The molecule has 9 heteroatoms. The zero-order valence-corrected chi connectivity index (χ0v) is 13.5. The monoisotopic (exact) mass is 360 g/mol. The van der Waals surface area contributed by atoms with Crippen LogP contribution in [0.1, 0.15) is 0 Å². The lowest BCUT2D eigenvalue weighted by molar-refractivity contribution is -0.428. The van der Waals surface area contributed by atoms with Crippen molar-refractivity contribution < 1.29 is 9.85 Å². The minimum absolute atomic E-state index is 0.303. The Balaban J connectivity index is 2.68.